The van der Waals surface area contributed by atoms with Crippen LogP contribution in [0.1, 0.15) is 92.5 Å². The summed E-state index contributed by atoms with van der Waals surface area (Å²) < 4.78 is 38.5. The van der Waals surface area contributed by atoms with Gasteiger partial charge in [0.05, 0.1) is 11.6 Å². The molecule has 1 saturated heterocycles. The number of fused-ring (bicyclic) bond motifs is 1. The average Bonchev–Trinajstić information content (AvgIpc) is 3.45. The van der Waals surface area contributed by atoms with Gasteiger partial charge in [-0.05, 0) is 68.1 Å². The van der Waals surface area contributed by atoms with Gasteiger partial charge < -0.3 is 19.1 Å². The number of halogens is 3. The van der Waals surface area contributed by atoms with Gasteiger partial charge in [-0.3, -0.25) is 9.59 Å². The number of carbonyl (C=O) groups excluding carboxylic acids is 2. The molecule has 2 aromatic rings. The van der Waals surface area contributed by atoms with Crippen LogP contribution < -0.4 is 4.74 Å². The molecule has 2 saturated carbocycles. The van der Waals surface area contributed by atoms with Crippen molar-refractivity contribution in [2.24, 2.45) is 17.3 Å². The maximum absolute atomic E-state index is 14.1. The molecule has 2 aliphatic heterocycles. The molecule has 3 heterocycles. The summed E-state index contributed by atoms with van der Waals surface area (Å²) in [7, 11) is 0. The normalized spacial score (nSPS) is 25.6. The Hall–Kier alpha value is -2.68. The van der Waals surface area contributed by atoms with Crippen LogP contribution in [0.25, 0.3) is 0 Å². The van der Waals surface area contributed by atoms with Gasteiger partial charge in [-0.15, -0.1) is 0 Å². The number of carbonyl (C=O) groups is 2. The zero-order valence-electron chi connectivity index (χ0n) is 23.1. The first-order chi connectivity index (χ1) is 19.2. The molecule has 216 valence electrons. The molecule has 0 radical (unpaired) electrons. The molecule has 1 aromatic heterocycles. The number of aromatic nitrogens is 1. The molecule has 2 amide bonds. The van der Waals surface area contributed by atoms with Gasteiger partial charge in [0.25, 0.3) is 6.43 Å². The largest absolute Gasteiger partial charge is 0.487 e. The fourth-order valence-corrected chi connectivity index (χ4v) is 7.34. The summed E-state index contributed by atoms with van der Waals surface area (Å²) in [6, 6.07) is 3.04. The highest BCUT2D eigenvalue weighted by molar-refractivity contribution is 6.31. The molecule has 0 N–H and O–H groups in total. The van der Waals surface area contributed by atoms with Crippen LogP contribution in [0.5, 0.6) is 5.75 Å². The predicted octanol–water partition coefficient (Wildman–Crippen LogP) is 6.42. The minimum atomic E-state index is -2.74. The minimum absolute atomic E-state index is 0.0397. The van der Waals surface area contributed by atoms with Crippen molar-refractivity contribution in [2.45, 2.75) is 84.3 Å². The Balaban J connectivity index is 1.35. The molecule has 4 aliphatic rings. The van der Waals surface area contributed by atoms with Crippen LogP contribution in [0.2, 0.25) is 5.02 Å². The third kappa shape index (κ3) is 4.99. The fraction of sp³-hybridized carbons (Fsp3) is 0.633. The lowest BCUT2D eigenvalue weighted by molar-refractivity contribution is -0.143. The summed E-state index contributed by atoms with van der Waals surface area (Å²) in [5, 5.41) is 4.38. The van der Waals surface area contributed by atoms with Crippen LogP contribution in [0.15, 0.2) is 16.7 Å². The van der Waals surface area contributed by atoms with E-state index in [1.54, 1.807) is 12.1 Å². The van der Waals surface area contributed by atoms with Crippen LogP contribution in [0.4, 0.5) is 8.78 Å². The number of aryl methyl sites for hydroxylation is 1. The lowest BCUT2D eigenvalue weighted by atomic mass is 9.78. The highest BCUT2D eigenvalue weighted by Gasteiger charge is 2.52. The molecule has 3 fully saturated rings. The second-order valence-corrected chi connectivity index (χ2v) is 12.7. The molecule has 40 heavy (non-hydrogen) atoms. The molecular weight excluding hydrogens is 540 g/mol. The standard InChI is InChI=1S/C30H36ClF2N3O4/c1-17-5-3-4-6-19(17)29(38)36-12-9-20-21(31)7-8-24(39-15-22-26(28(32)33)18(2)40-34-22)27(20)23(36)14-35-16-30(10-11-30)13-25(35)37/h7-8,17,19,23,28H,3-6,9-16H2,1-2H3/t17-,19+,23+/m0/s1. The summed E-state index contributed by atoms with van der Waals surface area (Å²) in [4.78, 5) is 31.0. The van der Waals surface area contributed by atoms with Crippen LogP contribution in [0, 0.1) is 24.2 Å². The number of likely N-dealkylation sites (tertiary alicyclic amines) is 1. The first kappa shape index (κ1) is 27.5. The van der Waals surface area contributed by atoms with E-state index in [1.165, 1.54) is 6.92 Å². The van der Waals surface area contributed by atoms with Gasteiger partial charge in [-0.25, -0.2) is 8.78 Å². The number of rotatable bonds is 7. The highest BCUT2D eigenvalue weighted by Crippen LogP contribution is 2.54. The number of hydrogen-bond donors (Lipinski definition) is 0. The van der Waals surface area contributed by atoms with Crippen molar-refractivity contribution >= 4 is 23.4 Å². The van der Waals surface area contributed by atoms with Crippen LogP contribution in [-0.4, -0.2) is 46.4 Å². The van der Waals surface area contributed by atoms with Crippen LogP contribution in [-0.2, 0) is 22.6 Å². The summed E-state index contributed by atoms with van der Waals surface area (Å²) in [6.45, 7) is 4.97. The van der Waals surface area contributed by atoms with Gasteiger partial charge in [-0.1, -0.05) is 36.5 Å². The average molecular weight is 576 g/mol. The van der Waals surface area contributed by atoms with Crippen LogP contribution >= 0.6 is 11.6 Å². The van der Waals surface area contributed by atoms with E-state index in [1.807, 2.05) is 9.80 Å². The SMILES string of the molecule is Cc1onc(COc2ccc(Cl)c3c2[C@@H](CN2CC4(CC4)CC2=O)N(C(=O)[C@@H]2CCCC[C@@H]2C)CC3)c1C(F)F. The second-order valence-electron chi connectivity index (χ2n) is 12.2. The van der Waals surface area contributed by atoms with E-state index in [0.717, 1.165) is 49.7 Å². The molecule has 1 spiro atoms. The molecule has 10 heteroatoms. The second kappa shape index (κ2) is 10.6. The Morgan fingerprint density at radius 1 is 1.27 bits per heavy atom. The number of amides is 2. The summed E-state index contributed by atoms with van der Waals surface area (Å²) in [5.74, 6) is 1.000. The van der Waals surface area contributed by atoms with E-state index in [9.17, 15) is 18.4 Å². The van der Waals surface area contributed by atoms with Crippen molar-refractivity contribution in [1.29, 1.82) is 0 Å². The van der Waals surface area contributed by atoms with E-state index in [0.29, 0.717) is 49.2 Å². The lowest BCUT2D eigenvalue weighted by Crippen LogP contribution is -2.49. The van der Waals surface area contributed by atoms with E-state index in [-0.39, 0.29) is 46.8 Å². The molecular formula is C30H36ClF2N3O4. The number of nitrogens with zero attached hydrogens (tertiary/aromatic N) is 3. The van der Waals surface area contributed by atoms with Crippen molar-refractivity contribution in [1.82, 2.24) is 15.0 Å². The third-order valence-corrected chi connectivity index (χ3v) is 9.96. The lowest BCUT2D eigenvalue weighted by Gasteiger charge is -2.43. The molecule has 1 aromatic carbocycles. The molecule has 6 rings (SSSR count). The Kier molecular flexibility index (Phi) is 7.30. The molecule has 3 atom stereocenters. The third-order valence-electron chi connectivity index (χ3n) is 9.61. The highest BCUT2D eigenvalue weighted by atomic mass is 35.5. The van der Waals surface area contributed by atoms with Crippen LogP contribution in [0.3, 0.4) is 0 Å². The van der Waals surface area contributed by atoms with Gasteiger partial charge in [0.1, 0.15) is 23.8 Å². The van der Waals surface area contributed by atoms with Crippen molar-refractivity contribution in [3.63, 3.8) is 0 Å². The molecule has 2 aliphatic carbocycles. The maximum atomic E-state index is 14.1. The van der Waals surface area contributed by atoms with Crippen molar-refractivity contribution in [3.8, 4) is 5.75 Å². The smallest absolute Gasteiger partial charge is 0.269 e. The van der Waals surface area contributed by atoms with Crippen molar-refractivity contribution in [2.75, 3.05) is 19.6 Å². The van der Waals surface area contributed by atoms with Crippen molar-refractivity contribution < 1.29 is 27.6 Å². The first-order valence-corrected chi connectivity index (χ1v) is 14.8. The topological polar surface area (TPSA) is 75.9 Å². The zero-order chi connectivity index (χ0) is 28.2. The predicted molar refractivity (Wildman–Crippen MR) is 144 cm³/mol. The minimum Gasteiger partial charge on any atom is -0.487 e. The summed E-state index contributed by atoms with van der Waals surface area (Å²) in [5.41, 5.74) is 1.51. The van der Waals surface area contributed by atoms with Crippen molar-refractivity contribution in [3.05, 3.63) is 45.3 Å². The number of benzene rings is 1. The van der Waals surface area contributed by atoms with Gasteiger partial charge in [0, 0.05) is 42.6 Å². The molecule has 7 nitrogen and oxygen atoms in total. The summed E-state index contributed by atoms with van der Waals surface area (Å²) >= 11 is 6.70. The van der Waals surface area contributed by atoms with E-state index in [2.05, 4.69) is 12.1 Å². The van der Waals surface area contributed by atoms with Gasteiger partial charge in [-0.2, -0.15) is 0 Å². The first-order valence-electron chi connectivity index (χ1n) is 14.4. The number of ether oxygens (including phenoxy) is 1. The Bertz CT molecular complexity index is 1310. The molecule has 0 bridgehead atoms. The Morgan fingerprint density at radius 3 is 2.75 bits per heavy atom. The van der Waals surface area contributed by atoms with E-state index in [4.69, 9.17) is 20.9 Å². The quantitative estimate of drug-likeness (QED) is 0.381. The van der Waals surface area contributed by atoms with E-state index < -0.39 is 12.5 Å². The molecule has 0 unspecified atom stereocenters. The Labute approximate surface area is 238 Å². The number of alkyl halides is 2. The zero-order valence-corrected chi connectivity index (χ0v) is 23.8. The van der Waals surface area contributed by atoms with Gasteiger partial charge in [0.2, 0.25) is 11.8 Å². The van der Waals surface area contributed by atoms with Gasteiger partial charge >= 0.3 is 0 Å². The maximum Gasteiger partial charge on any atom is 0.269 e. The Morgan fingerprint density at radius 2 is 2.05 bits per heavy atom. The number of hydrogen-bond acceptors (Lipinski definition) is 5. The van der Waals surface area contributed by atoms with Gasteiger partial charge in [0.15, 0.2) is 0 Å². The van der Waals surface area contributed by atoms with E-state index >= 15 is 0 Å². The monoisotopic (exact) mass is 575 g/mol. The summed E-state index contributed by atoms with van der Waals surface area (Å²) in [6.07, 6.45) is 4.55. The fourth-order valence-electron chi connectivity index (χ4n) is 7.08.